The van der Waals surface area contributed by atoms with Crippen molar-refractivity contribution in [3.05, 3.63) is 44.7 Å². The van der Waals surface area contributed by atoms with Crippen LogP contribution in [0.4, 0.5) is 5.00 Å². The Kier molecular flexibility index (Phi) is 5.45. The highest BCUT2D eigenvalue weighted by Gasteiger charge is 2.26. The first-order chi connectivity index (χ1) is 12.0. The van der Waals surface area contributed by atoms with Crippen LogP contribution in [0.5, 0.6) is 5.75 Å². The number of thiophene rings is 1. The van der Waals surface area contributed by atoms with Crippen molar-refractivity contribution in [3.8, 4) is 11.8 Å². The zero-order valence-electron chi connectivity index (χ0n) is 14.1. The number of carbonyl (C=O) groups is 1. The van der Waals surface area contributed by atoms with Gasteiger partial charge in [0.15, 0.2) is 6.10 Å². The minimum atomic E-state index is -0.654. The van der Waals surface area contributed by atoms with Crippen LogP contribution in [0.3, 0.4) is 0 Å². The van der Waals surface area contributed by atoms with Gasteiger partial charge in [-0.05, 0) is 55.9 Å². The lowest BCUT2D eigenvalue weighted by atomic mass is 9.88. The third-order valence-electron chi connectivity index (χ3n) is 4.34. The van der Waals surface area contributed by atoms with E-state index < -0.39 is 6.10 Å². The van der Waals surface area contributed by atoms with Crippen molar-refractivity contribution >= 4 is 38.2 Å². The predicted molar refractivity (Wildman–Crippen MR) is 103 cm³/mol. The summed E-state index contributed by atoms with van der Waals surface area (Å²) in [6, 6.07) is 9.64. The fourth-order valence-electron chi connectivity index (χ4n) is 2.97. The number of nitriles is 1. The van der Waals surface area contributed by atoms with Crippen molar-refractivity contribution in [1.29, 1.82) is 5.26 Å². The molecule has 1 heterocycles. The summed E-state index contributed by atoms with van der Waals surface area (Å²) in [7, 11) is 0. The fraction of sp³-hybridized carbons (Fsp3) is 0.368. The number of amides is 1. The molecule has 1 aliphatic rings. The maximum atomic E-state index is 12.5. The van der Waals surface area contributed by atoms with Gasteiger partial charge in [-0.2, -0.15) is 5.26 Å². The van der Waals surface area contributed by atoms with Crippen molar-refractivity contribution in [1.82, 2.24) is 0 Å². The Balaban J connectivity index is 1.73. The number of fused-ring (bicyclic) bond motifs is 1. The zero-order chi connectivity index (χ0) is 18.0. The maximum absolute atomic E-state index is 12.5. The molecule has 1 aliphatic carbocycles. The van der Waals surface area contributed by atoms with Crippen LogP contribution in [-0.2, 0) is 17.6 Å². The Morgan fingerprint density at radius 2 is 2.32 bits per heavy atom. The number of nitrogens with zero attached hydrogens (tertiary/aromatic N) is 1. The molecule has 0 saturated carbocycles. The smallest absolute Gasteiger partial charge is 0.265 e. The molecular formula is C19H19BrN2O2S. The summed E-state index contributed by atoms with van der Waals surface area (Å²) in [6.07, 6.45) is 2.33. The number of nitrogens with one attached hydrogen (secondary N) is 1. The molecular weight excluding hydrogens is 400 g/mol. The third kappa shape index (κ3) is 4.05. The summed E-state index contributed by atoms with van der Waals surface area (Å²) in [4.78, 5) is 13.7. The molecule has 3 rings (SSSR count). The summed E-state index contributed by atoms with van der Waals surface area (Å²) in [6.45, 7) is 3.93. The first kappa shape index (κ1) is 18.0. The van der Waals surface area contributed by atoms with Gasteiger partial charge in [-0.25, -0.2) is 0 Å². The molecule has 0 fully saturated rings. The Morgan fingerprint density at radius 3 is 3.04 bits per heavy atom. The molecule has 0 spiro atoms. The van der Waals surface area contributed by atoms with E-state index in [1.165, 1.54) is 16.2 Å². The van der Waals surface area contributed by atoms with Gasteiger partial charge in [-0.3, -0.25) is 4.79 Å². The lowest BCUT2D eigenvalue weighted by Gasteiger charge is -2.17. The van der Waals surface area contributed by atoms with Gasteiger partial charge >= 0.3 is 0 Å². The topological polar surface area (TPSA) is 62.1 Å². The van der Waals surface area contributed by atoms with Gasteiger partial charge in [-0.1, -0.05) is 28.9 Å². The Bertz CT molecular complexity index is 840. The molecule has 0 unspecified atom stereocenters. The van der Waals surface area contributed by atoms with Gasteiger partial charge < -0.3 is 10.1 Å². The van der Waals surface area contributed by atoms with Crippen LogP contribution >= 0.6 is 27.3 Å². The van der Waals surface area contributed by atoms with E-state index in [4.69, 9.17) is 4.74 Å². The molecule has 1 amide bonds. The van der Waals surface area contributed by atoms with Crippen molar-refractivity contribution in [2.75, 3.05) is 5.32 Å². The van der Waals surface area contributed by atoms with Crippen LogP contribution in [0.15, 0.2) is 28.7 Å². The first-order valence-corrected chi connectivity index (χ1v) is 9.86. The van der Waals surface area contributed by atoms with E-state index in [0.29, 0.717) is 22.2 Å². The molecule has 2 atom stereocenters. The molecule has 0 radical (unpaired) electrons. The predicted octanol–water partition coefficient (Wildman–Crippen LogP) is 4.91. The molecule has 4 nitrogen and oxygen atoms in total. The second-order valence-electron chi connectivity index (χ2n) is 6.37. The minimum Gasteiger partial charge on any atom is -0.481 e. The second-order valence-corrected chi connectivity index (χ2v) is 8.40. The van der Waals surface area contributed by atoms with Crippen LogP contribution < -0.4 is 10.1 Å². The third-order valence-corrected chi connectivity index (χ3v) is 6.00. The van der Waals surface area contributed by atoms with Gasteiger partial charge in [-0.15, -0.1) is 11.3 Å². The minimum absolute atomic E-state index is 0.247. The average molecular weight is 419 g/mol. The van der Waals surface area contributed by atoms with Crippen LogP contribution in [0.25, 0.3) is 0 Å². The molecule has 0 saturated heterocycles. The number of benzene rings is 1. The molecule has 2 aromatic rings. The van der Waals surface area contributed by atoms with Crippen molar-refractivity contribution in [2.24, 2.45) is 5.92 Å². The highest BCUT2D eigenvalue weighted by molar-refractivity contribution is 9.10. The van der Waals surface area contributed by atoms with Crippen molar-refractivity contribution in [3.63, 3.8) is 0 Å². The van der Waals surface area contributed by atoms with Gasteiger partial charge in [0, 0.05) is 9.35 Å². The molecule has 130 valence electrons. The molecule has 1 aromatic heterocycles. The van der Waals surface area contributed by atoms with Crippen molar-refractivity contribution in [2.45, 2.75) is 39.2 Å². The Hall–Kier alpha value is -1.84. The number of carbonyl (C=O) groups excluding carboxylic acids is 1. The highest BCUT2D eigenvalue weighted by Crippen LogP contribution is 2.39. The molecule has 6 heteroatoms. The number of rotatable bonds is 4. The Morgan fingerprint density at radius 1 is 1.52 bits per heavy atom. The first-order valence-electron chi connectivity index (χ1n) is 8.25. The quantitative estimate of drug-likeness (QED) is 0.766. The number of halogens is 1. The van der Waals surface area contributed by atoms with E-state index in [2.05, 4.69) is 34.2 Å². The highest BCUT2D eigenvalue weighted by atomic mass is 79.9. The number of hydrogen-bond donors (Lipinski definition) is 1. The lowest BCUT2D eigenvalue weighted by molar-refractivity contribution is -0.122. The number of hydrogen-bond acceptors (Lipinski definition) is 4. The molecule has 25 heavy (non-hydrogen) atoms. The lowest BCUT2D eigenvalue weighted by Crippen LogP contribution is -2.30. The maximum Gasteiger partial charge on any atom is 0.265 e. The van der Waals surface area contributed by atoms with E-state index >= 15 is 0 Å². The van der Waals surface area contributed by atoms with E-state index in [-0.39, 0.29) is 5.91 Å². The van der Waals surface area contributed by atoms with E-state index in [1.807, 2.05) is 18.2 Å². The van der Waals surface area contributed by atoms with Crippen LogP contribution in [0, 0.1) is 17.2 Å². The largest absolute Gasteiger partial charge is 0.481 e. The van der Waals surface area contributed by atoms with Gasteiger partial charge in [0.1, 0.15) is 16.8 Å². The molecule has 1 N–H and O–H groups in total. The van der Waals surface area contributed by atoms with E-state index in [9.17, 15) is 10.1 Å². The Labute approximate surface area is 159 Å². The second kappa shape index (κ2) is 7.59. The van der Waals surface area contributed by atoms with Crippen molar-refractivity contribution < 1.29 is 9.53 Å². The van der Waals surface area contributed by atoms with E-state index in [1.54, 1.807) is 13.0 Å². The number of anilines is 1. The van der Waals surface area contributed by atoms with Crippen LogP contribution in [0.1, 0.15) is 36.3 Å². The summed E-state index contributed by atoms with van der Waals surface area (Å²) < 4.78 is 6.59. The van der Waals surface area contributed by atoms with Crippen LogP contribution in [0.2, 0.25) is 0 Å². The van der Waals surface area contributed by atoms with Gasteiger partial charge in [0.2, 0.25) is 0 Å². The summed E-state index contributed by atoms with van der Waals surface area (Å²) >= 11 is 4.91. The fourth-order valence-corrected chi connectivity index (χ4v) is 4.71. The average Bonchev–Trinajstić information content (AvgIpc) is 2.90. The van der Waals surface area contributed by atoms with Crippen LogP contribution in [-0.4, -0.2) is 12.0 Å². The summed E-state index contributed by atoms with van der Waals surface area (Å²) in [5, 5.41) is 13.1. The molecule has 1 aromatic carbocycles. The molecule has 0 aliphatic heterocycles. The zero-order valence-corrected chi connectivity index (χ0v) is 16.5. The summed E-state index contributed by atoms with van der Waals surface area (Å²) in [5.41, 5.74) is 1.73. The molecule has 0 bridgehead atoms. The van der Waals surface area contributed by atoms with Gasteiger partial charge in [0.25, 0.3) is 5.91 Å². The van der Waals surface area contributed by atoms with Gasteiger partial charge in [0.05, 0.1) is 5.56 Å². The summed E-state index contributed by atoms with van der Waals surface area (Å²) in [5.74, 6) is 1.000. The monoisotopic (exact) mass is 418 g/mol. The van der Waals surface area contributed by atoms with E-state index in [0.717, 1.165) is 29.3 Å². The standard InChI is InChI=1S/C19H19BrN2O2S/c1-11-6-7-15-16(10-21)19(25-17(15)8-11)22-18(23)12(2)24-14-5-3-4-13(20)9-14/h3-5,9,11-12H,6-8H2,1-2H3,(H,22,23)/t11-,12-/m1/s1. The SMILES string of the molecule is C[C@@H]1CCc2c(sc(NC(=O)[C@@H](C)Oc3cccc(Br)c3)c2C#N)C1. The normalized spacial score (nSPS) is 17.3. The number of ether oxygens (including phenoxy) is 1.